The van der Waals surface area contributed by atoms with Crippen molar-refractivity contribution in [3.63, 3.8) is 0 Å². The van der Waals surface area contributed by atoms with Gasteiger partial charge in [0.05, 0.1) is 5.56 Å². The molecule has 0 bridgehead atoms. The van der Waals surface area contributed by atoms with Crippen molar-refractivity contribution >= 4 is 10.8 Å². The number of alkyl halides is 3. The number of fused-ring (bicyclic) bond motifs is 1. The Balaban J connectivity index is 2.23. The van der Waals surface area contributed by atoms with Crippen LogP contribution in [0.4, 0.5) is 13.2 Å². The van der Waals surface area contributed by atoms with E-state index in [2.05, 4.69) is 0 Å². The van der Waals surface area contributed by atoms with Crippen molar-refractivity contribution in [3.05, 3.63) is 47.5 Å². The molecule has 0 heterocycles. The van der Waals surface area contributed by atoms with Crippen LogP contribution in [0.25, 0.3) is 10.8 Å². The molecule has 0 aliphatic heterocycles. The van der Waals surface area contributed by atoms with Gasteiger partial charge in [-0.15, -0.1) is 0 Å². The monoisotopic (exact) mass is 265 g/mol. The van der Waals surface area contributed by atoms with Gasteiger partial charge in [-0.05, 0) is 41.3 Å². The van der Waals surface area contributed by atoms with E-state index in [0.29, 0.717) is 11.9 Å². The quantitative estimate of drug-likeness (QED) is 0.877. The van der Waals surface area contributed by atoms with Gasteiger partial charge in [0.2, 0.25) is 0 Å². The van der Waals surface area contributed by atoms with Gasteiger partial charge in [0.15, 0.2) is 0 Å². The molecule has 1 saturated carbocycles. The third-order valence-corrected chi connectivity index (χ3v) is 4.03. The second-order valence-electron chi connectivity index (χ2n) is 5.22. The van der Waals surface area contributed by atoms with Crippen molar-refractivity contribution in [2.45, 2.75) is 24.4 Å². The summed E-state index contributed by atoms with van der Waals surface area (Å²) >= 11 is 0. The Morgan fingerprint density at radius 1 is 1.11 bits per heavy atom. The van der Waals surface area contributed by atoms with Crippen molar-refractivity contribution in [3.8, 4) is 0 Å². The lowest BCUT2D eigenvalue weighted by Gasteiger charge is -2.17. The van der Waals surface area contributed by atoms with Gasteiger partial charge in [-0.1, -0.05) is 24.3 Å². The molecule has 1 aliphatic rings. The molecule has 0 saturated heterocycles. The van der Waals surface area contributed by atoms with Crippen LogP contribution in [0.15, 0.2) is 36.4 Å². The second-order valence-corrected chi connectivity index (χ2v) is 5.22. The van der Waals surface area contributed by atoms with Crippen molar-refractivity contribution in [2.24, 2.45) is 5.73 Å². The number of halogens is 3. The highest BCUT2D eigenvalue weighted by Gasteiger charge is 2.44. The third kappa shape index (κ3) is 2.00. The predicted octanol–water partition coefficient (Wildman–Crippen LogP) is 3.85. The normalized spacial score (nSPS) is 17.7. The van der Waals surface area contributed by atoms with Gasteiger partial charge in [0.25, 0.3) is 0 Å². The van der Waals surface area contributed by atoms with E-state index >= 15 is 0 Å². The summed E-state index contributed by atoms with van der Waals surface area (Å²) in [5.41, 5.74) is 6.05. The maximum atomic E-state index is 12.8. The smallest absolute Gasteiger partial charge is 0.330 e. The van der Waals surface area contributed by atoms with Crippen molar-refractivity contribution in [1.29, 1.82) is 0 Å². The Hall–Kier alpha value is -1.55. The molecular formula is C15H14F3N. The lowest BCUT2D eigenvalue weighted by atomic mass is 9.90. The Morgan fingerprint density at radius 2 is 1.84 bits per heavy atom. The van der Waals surface area contributed by atoms with Crippen LogP contribution < -0.4 is 5.73 Å². The van der Waals surface area contributed by atoms with E-state index in [0.717, 1.165) is 29.9 Å². The van der Waals surface area contributed by atoms with Crippen LogP contribution in [0, 0.1) is 0 Å². The van der Waals surface area contributed by atoms with Crippen LogP contribution >= 0.6 is 0 Å². The Labute approximate surface area is 109 Å². The number of hydrogen-bond acceptors (Lipinski definition) is 1. The van der Waals surface area contributed by atoms with Crippen molar-refractivity contribution in [2.75, 3.05) is 6.54 Å². The summed E-state index contributed by atoms with van der Waals surface area (Å²) in [6, 6.07) is 9.55. The van der Waals surface area contributed by atoms with E-state index in [-0.39, 0.29) is 5.41 Å². The fourth-order valence-electron chi connectivity index (χ4n) is 2.65. The lowest BCUT2D eigenvalue weighted by Crippen LogP contribution is -2.20. The van der Waals surface area contributed by atoms with Crippen LogP contribution in [0.1, 0.15) is 24.0 Å². The number of rotatable bonds is 2. The highest BCUT2D eigenvalue weighted by Crippen LogP contribution is 2.49. The fraction of sp³-hybridized carbons (Fsp3) is 0.333. The van der Waals surface area contributed by atoms with Crippen LogP contribution in [-0.2, 0) is 11.6 Å². The van der Waals surface area contributed by atoms with Crippen LogP contribution in [0.3, 0.4) is 0 Å². The molecule has 0 atom stereocenters. The first-order chi connectivity index (χ1) is 8.96. The lowest BCUT2D eigenvalue weighted by molar-refractivity contribution is -0.137. The third-order valence-electron chi connectivity index (χ3n) is 4.03. The minimum Gasteiger partial charge on any atom is -0.330 e. The first-order valence-electron chi connectivity index (χ1n) is 6.27. The molecule has 1 nitrogen and oxygen atoms in total. The van der Waals surface area contributed by atoms with Gasteiger partial charge in [-0.2, -0.15) is 13.2 Å². The topological polar surface area (TPSA) is 26.0 Å². The molecule has 1 aliphatic carbocycles. The molecule has 0 unspecified atom stereocenters. The summed E-state index contributed by atoms with van der Waals surface area (Å²) < 4.78 is 38.5. The minimum absolute atomic E-state index is 0.107. The molecular weight excluding hydrogens is 251 g/mol. The predicted molar refractivity (Wildman–Crippen MR) is 68.9 cm³/mol. The molecule has 19 heavy (non-hydrogen) atoms. The fourth-order valence-corrected chi connectivity index (χ4v) is 2.65. The Kier molecular flexibility index (Phi) is 2.61. The number of nitrogens with two attached hydrogens (primary N) is 1. The van der Waals surface area contributed by atoms with Gasteiger partial charge in [-0.3, -0.25) is 0 Å². The van der Waals surface area contributed by atoms with Gasteiger partial charge in [-0.25, -0.2) is 0 Å². The molecule has 2 aromatic rings. The Morgan fingerprint density at radius 3 is 2.42 bits per heavy atom. The van der Waals surface area contributed by atoms with Crippen molar-refractivity contribution < 1.29 is 13.2 Å². The average molecular weight is 265 g/mol. The minimum atomic E-state index is -4.30. The summed E-state index contributed by atoms with van der Waals surface area (Å²) in [4.78, 5) is 0. The molecule has 2 N–H and O–H groups in total. The standard InChI is InChI=1S/C15H14F3N/c16-15(17,18)11-5-4-10-2-1-3-13(12(10)8-11)14(9-19)6-7-14/h1-5,8H,6-7,9,19H2. The molecule has 3 rings (SSSR count). The van der Waals surface area contributed by atoms with Crippen LogP contribution in [0.2, 0.25) is 0 Å². The zero-order valence-corrected chi connectivity index (χ0v) is 10.3. The SMILES string of the molecule is NCC1(c2cccc3ccc(C(F)(F)F)cc23)CC1. The number of benzene rings is 2. The molecule has 1 fully saturated rings. The first kappa shape index (κ1) is 12.5. The molecule has 100 valence electrons. The highest BCUT2D eigenvalue weighted by atomic mass is 19.4. The molecule has 2 aromatic carbocycles. The Bertz CT molecular complexity index is 627. The maximum Gasteiger partial charge on any atom is 0.416 e. The van der Waals surface area contributed by atoms with Crippen LogP contribution in [-0.4, -0.2) is 6.54 Å². The summed E-state index contributed by atoms with van der Waals surface area (Å²) in [6.45, 7) is 0.488. The van der Waals surface area contributed by atoms with Gasteiger partial charge in [0, 0.05) is 12.0 Å². The molecule has 0 amide bonds. The van der Waals surface area contributed by atoms with Gasteiger partial charge < -0.3 is 5.73 Å². The zero-order chi connectivity index (χ0) is 13.7. The highest BCUT2D eigenvalue weighted by molar-refractivity contribution is 5.88. The summed E-state index contributed by atoms with van der Waals surface area (Å²) in [6.07, 6.45) is -2.39. The second kappa shape index (κ2) is 3.97. The van der Waals surface area contributed by atoms with Gasteiger partial charge >= 0.3 is 6.18 Å². The zero-order valence-electron chi connectivity index (χ0n) is 10.3. The summed E-state index contributed by atoms with van der Waals surface area (Å²) in [5, 5.41) is 1.52. The first-order valence-corrected chi connectivity index (χ1v) is 6.27. The molecule has 4 heteroatoms. The van der Waals surface area contributed by atoms with Gasteiger partial charge in [0.1, 0.15) is 0 Å². The summed E-state index contributed by atoms with van der Waals surface area (Å²) in [7, 11) is 0. The maximum absolute atomic E-state index is 12.8. The van der Waals surface area contributed by atoms with E-state index in [1.165, 1.54) is 12.1 Å². The van der Waals surface area contributed by atoms with E-state index in [1.807, 2.05) is 18.2 Å². The van der Waals surface area contributed by atoms with E-state index in [9.17, 15) is 13.2 Å². The molecule has 0 radical (unpaired) electrons. The number of hydrogen-bond donors (Lipinski definition) is 1. The molecule has 0 aromatic heterocycles. The average Bonchev–Trinajstić information content (AvgIpc) is 3.17. The summed E-state index contributed by atoms with van der Waals surface area (Å²) in [5.74, 6) is 0. The van der Waals surface area contributed by atoms with E-state index < -0.39 is 11.7 Å². The van der Waals surface area contributed by atoms with E-state index in [1.54, 1.807) is 0 Å². The van der Waals surface area contributed by atoms with E-state index in [4.69, 9.17) is 5.73 Å². The van der Waals surface area contributed by atoms with Crippen molar-refractivity contribution in [1.82, 2.24) is 0 Å². The van der Waals surface area contributed by atoms with Crippen LogP contribution in [0.5, 0.6) is 0 Å². The molecule has 0 spiro atoms. The largest absolute Gasteiger partial charge is 0.416 e.